The molecule has 1 fully saturated rings. The van der Waals surface area contributed by atoms with E-state index in [9.17, 15) is 44.7 Å². The number of carbonyl (C=O) groups is 4. The highest BCUT2D eigenvalue weighted by Gasteiger charge is 2.68. The first-order chi connectivity index (χ1) is 20.6. The van der Waals surface area contributed by atoms with Crippen LogP contribution in [0, 0.1) is 11.8 Å². The average molecular weight is 607 g/mol. The summed E-state index contributed by atoms with van der Waals surface area (Å²) in [5.74, 6) is -10.6. The smallest absolute Gasteiger partial charge is 0.255 e. The number of aromatic hydroxyl groups is 1. The van der Waals surface area contributed by atoms with Gasteiger partial charge in [0.1, 0.15) is 22.8 Å². The molecular weight excluding hydrogens is 572 g/mol. The topological polar surface area (TPSA) is 237 Å². The van der Waals surface area contributed by atoms with Crippen molar-refractivity contribution in [1.82, 2.24) is 4.90 Å². The van der Waals surface area contributed by atoms with Gasteiger partial charge in [0.15, 0.2) is 11.4 Å². The Balaban J connectivity index is 1.60. The second-order valence-corrected chi connectivity index (χ2v) is 11.8. The van der Waals surface area contributed by atoms with E-state index < -0.39 is 93.3 Å². The number of hydrogen-bond donors (Lipinski definition) is 8. The van der Waals surface area contributed by atoms with E-state index in [1.54, 1.807) is 19.1 Å². The number of nitrogens with one attached hydrogen (secondary N) is 1. The summed E-state index contributed by atoms with van der Waals surface area (Å²) in [6.45, 7) is 1.62. The second kappa shape index (κ2) is 10.9. The zero-order valence-corrected chi connectivity index (χ0v) is 24.2. The molecule has 1 saturated carbocycles. The molecule has 2 amide bonds. The van der Waals surface area contributed by atoms with Crippen molar-refractivity contribution in [3.05, 3.63) is 76.1 Å². The SMILES string of the molecule is C[C@H]1c2ccc(NC(=O)[C@@H](N)Cc3ccccc3)c(O)c2C(O)=C2C(=O)[C@]3(O)C(O)=C(C(N)=O)C(=O)[C@@H](N(C)C)[C@@H]3[C@@H](O)C21. The third-order valence-corrected chi connectivity index (χ3v) is 9.02. The number of nitrogens with zero attached hydrogens (tertiary/aromatic N) is 1. The van der Waals surface area contributed by atoms with Crippen molar-refractivity contribution in [3.8, 4) is 5.75 Å². The number of fused-ring (bicyclic) bond motifs is 3. The summed E-state index contributed by atoms with van der Waals surface area (Å²) in [5.41, 5.74) is 7.63. The van der Waals surface area contributed by atoms with Gasteiger partial charge in [0.25, 0.3) is 5.91 Å². The van der Waals surface area contributed by atoms with Gasteiger partial charge < -0.3 is 42.3 Å². The molecule has 3 aliphatic carbocycles. The maximum absolute atomic E-state index is 14.1. The monoisotopic (exact) mass is 606 g/mol. The minimum atomic E-state index is -3.02. The minimum Gasteiger partial charge on any atom is -0.508 e. The molecule has 0 aliphatic heterocycles. The van der Waals surface area contributed by atoms with Crippen molar-refractivity contribution < 1.29 is 44.7 Å². The number of nitrogens with two attached hydrogens (primary N) is 2. The predicted octanol–water partition coefficient (Wildman–Crippen LogP) is 0.00430. The molecule has 5 rings (SSSR count). The number of anilines is 1. The summed E-state index contributed by atoms with van der Waals surface area (Å²) in [7, 11) is 2.87. The maximum Gasteiger partial charge on any atom is 0.255 e. The maximum atomic E-state index is 14.1. The van der Waals surface area contributed by atoms with Crippen molar-refractivity contribution in [2.24, 2.45) is 23.3 Å². The van der Waals surface area contributed by atoms with E-state index in [0.717, 1.165) is 5.56 Å². The van der Waals surface area contributed by atoms with E-state index in [1.807, 2.05) is 18.2 Å². The van der Waals surface area contributed by atoms with Crippen LogP contribution in [0.25, 0.3) is 5.76 Å². The Labute approximate surface area is 252 Å². The third-order valence-electron chi connectivity index (χ3n) is 9.02. The number of aliphatic hydroxyl groups excluding tert-OH is 3. The fourth-order valence-electron chi connectivity index (χ4n) is 6.90. The molecule has 232 valence electrons. The summed E-state index contributed by atoms with van der Waals surface area (Å²) >= 11 is 0. The van der Waals surface area contributed by atoms with Gasteiger partial charge >= 0.3 is 0 Å². The standard InChI is InChI=1S/C31H34N4O9/c1-12-14-9-10-16(34-30(43)15(32)11-13-7-5-4-6-8-13)23(36)18(14)24(37)19-17(12)25(38)21-22(35(2)3)26(39)20(29(33)42)28(41)31(21,44)27(19)40/h4-10,12,15,17,21-22,25,36-38,41,44H,11,32H2,1-3H3,(H2,33,42)(H,34,43)/t12-,15-,17?,21+,22-,25-,31-/m0/s1. The van der Waals surface area contributed by atoms with E-state index in [0.29, 0.717) is 5.56 Å². The number of phenolic OH excluding ortho intramolecular Hbond substituents is 1. The highest BCUT2D eigenvalue weighted by Crippen LogP contribution is 2.56. The molecule has 0 aromatic heterocycles. The van der Waals surface area contributed by atoms with E-state index in [-0.39, 0.29) is 17.7 Å². The molecular formula is C31H34N4O9. The van der Waals surface area contributed by atoms with Crippen LogP contribution in [0.1, 0.15) is 29.5 Å². The fraction of sp³-hybridized carbons (Fsp3) is 0.355. The van der Waals surface area contributed by atoms with Crippen LogP contribution in [0.5, 0.6) is 5.75 Å². The highest BCUT2D eigenvalue weighted by atomic mass is 16.4. The Morgan fingerprint density at radius 2 is 1.70 bits per heavy atom. The van der Waals surface area contributed by atoms with Crippen LogP contribution < -0.4 is 16.8 Å². The van der Waals surface area contributed by atoms with E-state index in [2.05, 4.69) is 5.32 Å². The first-order valence-electron chi connectivity index (χ1n) is 13.9. The molecule has 0 saturated heterocycles. The summed E-state index contributed by atoms with van der Waals surface area (Å²) in [4.78, 5) is 53.7. The van der Waals surface area contributed by atoms with E-state index in [4.69, 9.17) is 11.5 Å². The zero-order valence-electron chi connectivity index (χ0n) is 24.2. The van der Waals surface area contributed by atoms with Crippen LogP contribution >= 0.6 is 0 Å². The lowest BCUT2D eigenvalue weighted by Gasteiger charge is -2.53. The first-order valence-corrected chi connectivity index (χ1v) is 13.9. The van der Waals surface area contributed by atoms with Gasteiger partial charge in [-0.05, 0) is 43.6 Å². The van der Waals surface area contributed by atoms with Crippen molar-refractivity contribution in [1.29, 1.82) is 0 Å². The van der Waals surface area contributed by atoms with Crippen molar-refractivity contribution in [2.45, 2.75) is 43.1 Å². The largest absolute Gasteiger partial charge is 0.508 e. The number of amides is 2. The Morgan fingerprint density at radius 3 is 2.30 bits per heavy atom. The molecule has 44 heavy (non-hydrogen) atoms. The number of primary amides is 1. The predicted molar refractivity (Wildman–Crippen MR) is 157 cm³/mol. The molecule has 0 heterocycles. The molecule has 2 aromatic carbocycles. The number of aliphatic hydroxyl groups is 4. The summed E-state index contributed by atoms with van der Waals surface area (Å²) in [6.07, 6.45) is -1.50. The van der Waals surface area contributed by atoms with E-state index in [1.165, 1.54) is 31.1 Å². The lowest BCUT2D eigenvalue weighted by Crippen LogP contribution is -2.70. The van der Waals surface area contributed by atoms with Gasteiger partial charge in [0.2, 0.25) is 11.7 Å². The number of carbonyl (C=O) groups excluding carboxylic acids is 4. The lowest BCUT2D eigenvalue weighted by atomic mass is 9.54. The van der Waals surface area contributed by atoms with Crippen LogP contribution in [-0.2, 0) is 25.6 Å². The average Bonchev–Trinajstić information content (AvgIpc) is 2.96. The van der Waals surface area contributed by atoms with Crippen LogP contribution in [0.15, 0.2) is 59.4 Å². The number of phenols is 1. The van der Waals surface area contributed by atoms with Crippen LogP contribution in [0.2, 0.25) is 0 Å². The summed E-state index contributed by atoms with van der Waals surface area (Å²) < 4.78 is 0. The third kappa shape index (κ3) is 4.39. The number of Topliss-reactive ketones (excluding diaryl/α,β-unsaturated/α-hetero) is 2. The number of hydrogen-bond acceptors (Lipinski definition) is 11. The van der Waals surface area contributed by atoms with Gasteiger partial charge in [-0.25, -0.2) is 0 Å². The lowest BCUT2D eigenvalue weighted by molar-refractivity contribution is -0.169. The molecule has 0 spiro atoms. The normalized spacial score (nSPS) is 28.8. The molecule has 13 heteroatoms. The van der Waals surface area contributed by atoms with Crippen molar-refractivity contribution in [3.63, 3.8) is 0 Å². The number of likely N-dealkylation sites (N-methyl/N-ethyl adjacent to an activating group) is 1. The first kappa shape index (κ1) is 30.9. The van der Waals surface area contributed by atoms with Crippen LogP contribution in [0.4, 0.5) is 5.69 Å². The van der Waals surface area contributed by atoms with Crippen molar-refractivity contribution >= 4 is 34.8 Å². The molecule has 2 aromatic rings. The highest BCUT2D eigenvalue weighted by molar-refractivity contribution is 6.24. The molecule has 10 N–H and O–H groups in total. The quantitative estimate of drug-likeness (QED) is 0.161. The summed E-state index contributed by atoms with van der Waals surface area (Å²) in [6, 6.07) is 9.51. The molecule has 13 nitrogen and oxygen atoms in total. The van der Waals surface area contributed by atoms with Gasteiger partial charge in [-0.1, -0.05) is 43.3 Å². The summed E-state index contributed by atoms with van der Waals surface area (Å²) in [5, 5.41) is 59.7. The van der Waals surface area contributed by atoms with E-state index >= 15 is 0 Å². The van der Waals surface area contributed by atoms with Crippen molar-refractivity contribution in [2.75, 3.05) is 19.4 Å². The Morgan fingerprint density at radius 1 is 1.07 bits per heavy atom. The Bertz CT molecular complexity index is 1650. The van der Waals surface area contributed by atoms with Crippen LogP contribution in [-0.4, -0.2) is 91.7 Å². The zero-order chi connectivity index (χ0) is 32.4. The fourth-order valence-corrected chi connectivity index (χ4v) is 6.90. The number of rotatable bonds is 6. The molecule has 0 bridgehead atoms. The van der Waals surface area contributed by atoms with Gasteiger partial charge in [-0.2, -0.15) is 0 Å². The molecule has 3 aliphatic rings. The van der Waals surface area contributed by atoms with Gasteiger partial charge in [-0.3, -0.25) is 24.1 Å². The number of ketones is 2. The Hall–Kier alpha value is -4.56. The number of benzene rings is 2. The molecule has 7 atom stereocenters. The van der Waals surface area contributed by atoms with Crippen LogP contribution in [0.3, 0.4) is 0 Å². The second-order valence-electron chi connectivity index (χ2n) is 11.8. The molecule has 0 radical (unpaired) electrons. The van der Waals surface area contributed by atoms with Gasteiger partial charge in [0.05, 0.1) is 35.4 Å². The van der Waals surface area contributed by atoms with Gasteiger partial charge in [0, 0.05) is 11.5 Å². The Kier molecular flexibility index (Phi) is 7.62. The minimum absolute atomic E-state index is 0.120. The van der Waals surface area contributed by atoms with Gasteiger partial charge in [-0.15, -0.1) is 0 Å². The molecule has 1 unspecified atom stereocenters.